The second kappa shape index (κ2) is 8.33. The molecule has 2 aromatic carbocycles. The maximum Gasteiger partial charge on any atom is 0.417 e. The number of aromatic hydroxyl groups is 2. The van der Waals surface area contributed by atoms with Crippen molar-refractivity contribution in [2.24, 2.45) is 0 Å². The fraction of sp³-hybridized carbons (Fsp3) is 0.346. The molecule has 1 fully saturated rings. The molecule has 1 saturated heterocycles. The van der Waals surface area contributed by atoms with Crippen molar-refractivity contribution >= 4 is 0 Å². The quantitative estimate of drug-likeness (QED) is 0.362. The number of fused-ring (bicyclic) bond motifs is 5. The zero-order valence-corrected chi connectivity index (χ0v) is 19.7. The first-order valence-corrected chi connectivity index (χ1v) is 11.5. The summed E-state index contributed by atoms with van der Waals surface area (Å²) in [6.45, 7) is 1.68. The largest absolute Gasteiger partial charge is 0.494 e. The molecule has 5 rings (SSSR count). The Bertz CT molecular complexity index is 1450. The highest BCUT2D eigenvalue weighted by atomic mass is 19.4. The third-order valence-electron chi connectivity index (χ3n) is 7.18. The molecule has 1 aromatic heterocycles. The van der Waals surface area contributed by atoms with Crippen LogP contribution in [-0.2, 0) is 28.3 Å². The summed E-state index contributed by atoms with van der Waals surface area (Å²) in [5.41, 5.74) is -4.54. The number of halogens is 6. The molecule has 3 heterocycles. The van der Waals surface area contributed by atoms with Gasteiger partial charge in [0.15, 0.2) is 0 Å². The predicted octanol–water partition coefficient (Wildman–Crippen LogP) is 6.50. The van der Waals surface area contributed by atoms with E-state index in [0.717, 1.165) is 22.8 Å². The van der Waals surface area contributed by atoms with Crippen LogP contribution in [0.5, 0.6) is 17.5 Å². The standard InChI is InChI=1S/C26H20F6N2O4/c1-23-8-9-24(38-23,10-11-37-17-6-3-15(4-7-17)25(27,28)29)20-19(23)21(35)34(22(20)36)16-5-2-14(13-33)18(12-16)26(30,31)32/h2-7,12,35-36H,8-11H2,1H3/t23-,24?/m0/s1. The lowest BCUT2D eigenvalue weighted by atomic mass is 9.78. The topological polar surface area (TPSA) is 87.6 Å². The lowest BCUT2D eigenvalue weighted by Gasteiger charge is -2.26. The van der Waals surface area contributed by atoms with E-state index in [1.807, 2.05) is 0 Å². The van der Waals surface area contributed by atoms with Crippen LogP contribution >= 0.6 is 0 Å². The van der Waals surface area contributed by atoms with Crippen LogP contribution in [0.3, 0.4) is 0 Å². The third kappa shape index (κ3) is 3.93. The molecule has 0 amide bonds. The molecule has 2 aliphatic heterocycles. The van der Waals surface area contributed by atoms with E-state index < -0.39 is 52.0 Å². The highest BCUT2D eigenvalue weighted by Crippen LogP contribution is 2.65. The average molecular weight is 538 g/mol. The van der Waals surface area contributed by atoms with Gasteiger partial charge in [0.1, 0.15) is 11.4 Å². The number of nitriles is 1. The van der Waals surface area contributed by atoms with Gasteiger partial charge in [-0.25, -0.2) is 0 Å². The van der Waals surface area contributed by atoms with Crippen molar-refractivity contribution in [1.29, 1.82) is 5.26 Å². The van der Waals surface area contributed by atoms with Crippen molar-refractivity contribution in [3.8, 4) is 29.3 Å². The Morgan fingerprint density at radius 1 is 0.974 bits per heavy atom. The van der Waals surface area contributed by atoms with E-state index in [2.05, 4.69) is 0 Å². The van der Waals surface area contributed by atoms with Gasteiger partial charge in [-0.1, -0.05) is 0 Å². The van der Waals surface area contributed by atoms with Crippen LogP contribution in [0, 0.1) is 11.3 Å². The fourth-order valence-electron chi connectivity index (χ4n) is 5.43. The molecule has 0 spiro atoms. The summed E-state index contributed by atoms with van der Waals surface area (Å²) in [6, 6.07) is 8.46. The molecule has 2 atom stereocenters. The van der Waals surface area contributed by atoms with Gasteiger partial charge in [0.25, 0.3) is 0 Å². The minimum atomic E-state index is -4.84. The molecule has 2 N–H and O–H groups in total. The summed E-state index contributed by atoms with van der Waals surface area (Å²) in [5.74, 6) is -0.799. The van der Waals surface area contributed by atoms with Crippen LogP contribution in [0.15, 0.2) is 42.5 Å². The molecule has 2 bridgehead atoms. The van der Waals surface area contributed by atoms with Crippen molar-refractivity contribution < 1.29 is 46.0 Å². The van der Waals surface area contributed by atoms with Crippen molar-refractivity contribution in [3.63, 3.8) is 0 Å². The maximum atomic E-state index is 13.5. The molecular formula is C26H20F6N2O4. The third-order valence-corrected chi connectivity index (χ3v) is 7.18. The van der Waals surface area contributed by atoms with Gasteiger partial charge in [-0.05, 0) is 62.2 Å². The summed E-state index contributed by atoms with van der Waals surface area (Å²) >= 11 is 0. The summed E-state index contributed by atoms with van der Waals surface area (Å²) in [5, 5.41) is 31.3. The van der Waals surface area contributed by atoms with Crippen molar-refractivity contribution in [2.75, 3.05) is 6.61 Å². The zero-order valence-electron chi connectivity index (χ0n) is 19.7. The maximum absolute atomic E-state index is 13.5. The van der Waals surface area contributed by atoms with E-state index in [1.165, 1.54) is 24.3 Å². The molecule has 38 heavy (non-hydrogen) atoms. The fourth-order valence-corrected chi connectivity index (χ4v) is 5.43. The number of hydrogen-bond acceptors (Lipinski definition) is 5. The number of nitrogens with zero attached hydrogens (tertiary/aromatic N) is 2. The average Bonchev–Trinajstić information content (AvgIpc) is 3.42. The smallest absolute Gasteiger partial charge is 0.417 e. The second-order valence-electron chi connectivity index (χ2n) is 9.52. The number of alkyl halides is 6. The molecule has 12 heteroatoms. The highest BCUT2D eigenvalue weighted by molar-refractivity contribution is 5.62. The lowest BCUT2D eigenvalue weighted by Crippen LogP contribution is -2.25. The van der Waals surface area contributed by atoms with E-state index in [4.69, 9.17) is 14.7 Å². The number of ether oxygens (including phenoxy) is 2. The molecule has 2 aliphatic rings. The van der Waals surface area contributed by atoms with Gasteiger partial charge in [0, 0.05) is 6.42 Å². The molecule has 6 nitrogen and oxygen atoms in total. The number of hydrogen-bond donors (Lipinski definition) is 2. The molecule has 200 valence electrons. The van der Waals surface area contributed by atoms with E-state index in [0.29, 0.717) is 18.9 Å². The Hall–Kier alpha value is -3.85. The monoisotopic (exact) mass is 538 g/mol. The lowest BCUT2D eigenvalue weighted by molar-refractivity contribution is -0.138. The predicted molar refractivity (Wildman–Crippen MR) is 120 cm³/mol. The van der Waals surface area contributed by atoms with Gasteiger partial charge in [0.05, 0.1) is 51.8 Å². The van der Waals surface area contributed by atoms with Crippen LogP contribution in [0.1, 0.15) is 54.0 Å². The normalized spacial score (nSPS) is 22.4. The van der Waals surface area contributed by atoms with Gasteiger partial charge in [-0.3, -0.25) is 4.57 Å². The zero-order chi connectivity index (χ0) is 27.7. The summed E-state index contributed by atoms with van der Waals surface area (Å²) in [4.78, 5) is 0. The Morgan fingerprint density at radius 3 is 2.24 bits per heavy atom. The van der Waals surface area contributed by atoms with Crippen molar-refractivity contribution in [3.05, 3.63) is 70.3 Å². The minimum Gasteiger partial charge on any atom is -0.494 e. The van der Waals surface area contributed by atoms with Gasteiger partial charge in [-0.2, -0.15) is 31.6 Å². The molecule has 0 saturated carbocycles. The first-order valence-electron chi connectivity index (χ1n) is 11.5. The van der Waals surface area contributed by atoms with Crippen LogP contribution in [0.25, 0.3) is 5.69 Å². The van der Waals surface area contributed by atoms with E-state index in [9.17, 15) is 36.6 Å². The van der Waals surface area contributed by atoms with Gasteiger partial charge < -0.3 is 19.7 Å². The second-order valence-corrected chi connectivity index (χ2v) is 9.52. The first-order chi connectivity index (χ1) is 17.7. The van der Waals surface area contributed by atoms with Crippen molar-refractivity contribution in [1.82, 2.24) is 4.57 Å². The summed E-state index contributed by atoms with van der Waals surface area (Å²) in [7, 11) is 0. The Balaban J connectivity index is 1.47. The molecule has 0 radical (unpaired) electrons. The van der Waals surface area contributed by atoms with E-state index >= 15 is 0 Å². The van der Waals surface area contributed by atoms with Crippen LogP contribution in [0.2, 0.25) is 0 Å². The number of aromatic nitrogens is 1. The summed E-state index contributed by atoms with van der Waals surface area (Å²) < 4.78 is 91.7. The Morgan fingerprint density at radius 2 is 1.63 bits per heavy atom. The first kappa shape index (κ1) is 25.8. The molecule has 0 aliphatic carbocycles. The van der Waals surface area contributed by atoms with Crippen molar-refractivity contribution in [2.45, 2.75) is 49.7 Å². The molecular weight excluding hydrogens is 518 g/mol. The highest BCUT2D eigenvalue weighted by Gasteiger charge is 2.61. The Labute approximate surface area is 212 Å². The Kier molecular flexibility index (Phi) is 5.65. The minimum absolute atomic E-state index is 0.0125. The van der Waals surface area contributed by atoms with Crippen LogP contribution in [-0.4, -0.2) is 21.4 Å². The SMILES string of the molecule is C[C@@]12CCC(CCOc3ccc(C(F)(F)F)cc3)(O1)c1c2c(O)n(-c2ccc(C#N)c(C(F)(F)F)c2)c1O. The van der Waals surface area contributed by atoms with E-state index in [-0.39, 0.29) is 35.6 Å². The van der Waals surface area contributed by atoms with E-state index in [1.54, 1.807) is 6.92 Å². The summed E-state index contributed by atoms with van der Waals surface area (Å²) in [6.07, 6.45) is -8.33. The number of rotatable bonds is 5. The number of benzene rings is 2. The van der Waals surface area contributed by atoms with Crippen LogP contribution < -0.4 is 4.74 Å². The molecule has 3 aromatic rings. The van der Waals surface area contributed by atoms with Crippen LogP contribution in [0.4, 0.5) is 26.3 Å². The molecule has 1 unspecified atom stereocenters. The van der Waals surface area contributed by atoms with Gasteiger partial charge >= 0.3 is 12.4 Å². The van der Waals surface area contributed by atoms with Gasteiger partial charge in [-0.15, -0.1) is 0 Å². The van der Waals surface area contributed by atoms with Gasteiger partial charge in [0.2, 0.25) is 11.8 Å².